The van der Waals surface area contributed by atoms with E-state index >= 15 is 0 Å². The smallest absolute Gasteiger partial charge is 0.481 e. The summed E-state index contributed by atoms with van der Waals surface area (Å²) in [6.07, 6.45) is 0.617. The average Bonchev–Trinajstić information content (AvgIpc) is 2.44. The second-order valence-electron chi connectivity index (χ2n) is 4.74. The molecule has 0 aliphatic rings. The number of rotatable bonds is 8. The molecule has 0 spiro atoms. The van der Waals surface area contributed by atoms with Crippen LogP contribution in [-0.4, -0.2) is 23.3 Å². The molecule has 4 unspecified atom stereocenters. The van der Waals surface area contributed by atoms with Gasteiger partial charge in [0.05, 0.1) is 12.5 Å². The molecular formula is C15H22O4P+. The van der Waals surface area contributed by atoms with Crippen molar-refractivity contribution in [2.24, 2.45) is 5.92 Å². The van der Waals surface area contributed by atoms with Crippen LogP contribution in [0.1, 0.15) is 38.7 Å². The number of carboxylic acid groups (broad SMARTS) is 1. The SMILES string of the molecule is CCO[P+](=O)C(CC)C(c1ccccc1)C(C)C(=O)O. The largest absolute Gasteiger partial charge is 0.511 e. The third-order valence-electron chi connectivity index (χ3n) is 3.47. The molecule has 1 N–H and O–H groups in total. The Bertz CT molecular complexity index is 446. The Morgan fingerprint density at radius 3 is 2.35 bits per heavy atom. The van der Waals surface area contributed by atoms with Crippen LogP contribution in [0.15, 0.2) is 30.3 Å². The maximum Gasteiger partial charge on any atom is 0.511 e. The zero-order chi connectivity index (χ0) is 15.1. The minimum atomic E-state index is -1.88. The van der Waals surface area contributed by atoms with Crippen molar-refractivity contribution in [1.82, 2.24) is 0 Å². The molecule has 1 aromatic rings. The molecule has 0 aliphatic heterocycles. The molecular weight excluding hydrogens is 275 g/mol. The summed E-state index contributed by atoms with van der Waals surface area (Å²) < 4.78 is 17.5. The average molecular weight is 297 g/mol. The van der Waals surface area contributed by atoms with Gasteiger partial charge in [0.15, 0.2) is 5.66 Å². The summed E-state index contributed by atoms with van der Waals surface area (Å²) in [4.78, 5) is 11.4. The van der Waals surface area contributed by atoms with Crippen molar-refractivity contribution >= 4 is 14.0 Å². The Labute approximate surface area is 121 Å². The highest BCUT2D eigenvalue weighted by molar-refractivity contribution is 7.40. The molecule has 20 heavy (non-hydrogen) atoms. The lowest BCUT2D eigenvalue weighted by atomic mass is 9.83. The maximum atomic E-state index is 12.2. The normalized spacial score (nSPS) is 16.2. The molecule has 1 rings (SSSR count). The van der Waals surface area contributed by atoms with E-state index < -0.39 is 19.9 Å². The molecule has 1 aromatic carbocycles. The van der Waals surface area contributed by atoms with Gasteiger partial charge in [-0.1, -0.05) is 44.2 Å². The van der Waals surface area contributed by atoms with Crippen molar-refractivity contribution in [2.45, 2.75) is 38.8 Å². The van der Waals surface area contributed by atoms with E-state index in [1.54, 1.807) is 13.8 Å². The molecule has 0 fully saturated rings. The first-order chi connectivity index (χ1) is 9.52. The molecule has 0 aromatic heterocycles. The summed E-state index contributed by atoms with van der Waals surface area (Å²) in [7, 11) is -1.88. The predicted molar refractivity (Wildman–Crippen MR) is 79.3 cm³/mol. The Hall–Kier alpha value is -1.25. The molecule has 0 saturated carbocycles. The highest BCUT2D eigenvalue weighted by atomic mass is 31.1. The first kappa shape index (κ1) is 16.8. The molecule has 4 nitrogen and oxygen atoms in total. The van der Waals surface area contributed by atoms with E-state index in [0.29, 0.717) is 13.0 Å². The standard InChI is InChI=1S/C15H21O4P/c1-4-13(20(18)19-5-2)14(11(3)15(16)17)12-9-7-6-8-10-12/h6-11,13-14H,4-5H2,1-3H3/p+1. The third kappa shape index (κ3) is 4.12. The lowest BCUT2D eigenvalue weighted by Gasteiger charge is -2.22. The second-order valence-corrected chi connectivity index (χ2v) is 6.23. The van der Waals surface area contributed by atoms with Crippen LogP contribution < -0.4 is 0 Å². The molecule has 0 saturated heterocycles. The summed E-state index contributed by atoms with van der Waals surface area (Å²) in [6, 6.07) is 9.41. The van der Waals surface area contributed by atoms with Gasteiger partial charge in [-0.2, -0.15) is 0 Å². The van der Waals surface area contributed by atoms with Crippen molar-refractivity contribution in [2.75, 3.05) is 6.61 Å². The van der Waals surface area contributed by atoms with E-state index in [1.165, 1.54) is 0 Å². The number of hydrogen-bond acceptors (Lipinski definition) is 3. The Kier molecular flexibility index (Phi) is 6.83. The Morgan fingerprint density at radius 2 is 1.90 bits per heavy atom. The number of carboxylic acids is 1. The Balaban J connectivity index is 3.15. The minimum absolute atomic E-state index is 0.293. The lowest BCUT2D eigenvalue weighted by Crippen LogP contribution is -2.27. The summed E-state index contributed by atoms with van der Waals surface area (Å²) in [6.45, 7) is 5.74. The fraction of sp³-hybridized carbons (Fsp3) is 0.533. The van der Waals surface area contributed by atoms with Gasteiger partial charge in [-0.15, -0.1) is 4.52 Å². The Morgan fingerprint density at radius 1 is 1.30 bits per heavy atom. The van der Waals surface area contributed by atoms with Crippen molar-refractivity contribution in [3.63, 3.8) is 0 Å². The molecule has 0 aliphatic carbocycles. The van der Waals surface area contributed by atoms with Gasteiger partial charge in [-0.3, -0.25) is 4.79 Å². The van der Waals surface area contributed by atoms with Crippen LogP contribution in [0.4, 0.5) is 0 Å². The first-order valence-electron chi connectivity index (χ1n) is 6.89. The quantitative estimate of drug-likeness (QED) is 0.735. The zero-order valence-electron chi connectivity index (χ0n) is 12.2. The molecule has 0 heterocycles. The molecule has 5 heteroatoms. The van der Waals surface area contributed by atoms with Gasteiger partial charge < -0.3 is 5.11 Å². The van der Waals surface area contributed by atoms with Crippen molar-refractivity contribution in [3.05, 3.63) is 35.9 Å². The van der Waals surface area contributed by atoms with E-state index in [2.05, 4.69) is 0 Å². The van der Waals surface area contributed by atoms with Gasteiger partial charge in [0, 0.05) is 5.92 Å². The van der Waals surface area contributed by atoms with Crippen molar-refractivity contribution < 1.29 is 19.0 Å². The predicted octanol–water partition coefficient (Wildman–Crippen LogP) is 4.05. The fourth-order valence-electron chi connectivity index (χ4n) is 2.43. The lowest BCUT2D eigenvalue weighted by molar-refractivity contribution is -0.141. The van der Waals surface area contributed by atoms with Crippen LogP contribution in [0.3, 0.4) is 0 Å². The molecule has 4 atom stereocenters. The monoisotopic (exact) mass is 297 g/mol. The van der Waals surface area contributed by atoms with E-state index in [9.17, 15) is 14.5 Å². The molecule has 0 radical (unpaired) electrons. The van der Waals surface area contributed by atoms with Gasteiger partial charge in [0.1, 0.15) is 0 Å². The first-order valence-corrected chi connectivity index (χ1v) is 8.14. The third-order valence-corrected chi connectivity index (χ3v) is 5.21. The van der Waals surface area contributed by atoms with Crippen LogP contribution in [0.25, 0.3) is 0 Å². The van der Waals surface area contributed by atoms with Gasteiger partial charge in [-0.25, -0.2) is 0 Å². The highest BCUT2D eigenvalue weighted by Gasteiger charge is 2.44. The molecule has 110 valence electrons. The molecule has 0 bridgehead atoms. The van der Waals surface area contributed by atoms with Crippen LogP contribution in [0, 0.1) is 5.92 Å². The topological polar surface area (TPSA) is 63.6 Å². The van der Waals surface area contributed by atoms with Crippen LogP contribution in [0.5, 0.6) is 0 Å². The number of aliphatic carboxylic acids is 1. The summed E-state index contributed by atoms with van der Waals surface area (Å²) in [5.74, 6) is -1.80. The van der Waals surface area contributed by atoms with Gasteiger partial charge in [0.2, 0.25) is 0 Å². The van der Waals surface area contributed by atoms with E-state index in [4.69, 9.17) is 4.52 Å². The zero-order valence-corrected chi connectivity index (χ0v) is 13.0. The summed E-state index contributed by atoms with van der Waals surface area (Å²) in [5, 5.41) is 9.33. The van der Waals surface area contributed by atoms with E-state index in [1.807, 2.05) is 37.3 Å². The minimum Gasteiger partial charge on any atom is -0.481 e. The van der Waals surface area contributed by atoms with Crippen LogP contribution in [0.2, 0.25) is 0 Å². The van der Waals surface area contributed by atoms with Crippen LogP contribution in [-0.2, 0) is 13.9 Å². The second kappa shape index (κ2) is 8.13. The van der Waals surface area contributed by atoms with Gasteiger partial charge in [-0.05, 0) is 23.5 Å². The summed E-state index contributed by atoms with van der Waals surface area (Å²) in [5.41, 5.74) is 0.607. The van der Waals surface area contributed by atoms with Gasteiger partial charge in [0.25, 0.3) is 0 Å². The molecule has 0 amide bonds. The maximum absolute atomic E-state index is 12.2. The number of carbonyl (C=O) groups is 1. The van der Waals surface area contributed by atoms with Gasteiger partial charge >= 0.3 is 14.0 Å². The number of hydrogen-bond donors (Lipinski definition) is 1. The van der Waals surface area contributed by atoms with Crippen molar-refractivity contribution in [3.8, 4) is 0 Å². The van der Waals surface area contributed by atoms with Crippen LogP contribution >= 0.6 is 8.03 Å². The fourth-order valence-corrected chi connectivity index (χ4v) is 3.87. The highest BCUT2D eigenvalue weighted by Crippen LogP contribution is 2.44. The van der Waals surface area contributed by atoms with E-state index in [-0.39, 0.29) is 11.6 Å². The van der Waals surface area contributed by atoms with E-state index in [0.717, 1.165) is 5.56 Å². The summed E-state index contributed by atoms with van der Waals surface area (Å²) >= 11 is 0. The number of benzene rings is 1. The van der Waals surface area contributed by atoms with Crippen molar-refractivity contribution in [1.29, 1.82) is 0 Å².